The third kappa shape index (κ3) is 2.76. The zero-order valence-electron chi connectivity index (χ0n) is 10.3. The van der Waals surface area contributed by atoms with Gasteiger partial charge in [-0.05, 0) is 34.5 Å². The third-order valence-electron chi connectivity index (χ3n) is 2.90. The molecule has 0 spiro atoms. The molecule has 0 saturated carbocycles. The van der Waals surface area contributed by atoms with E-state index < -0.39 is 0 Å². The summed E-state index contributed by atoms with van der Waals surface area (Å²) in [6, 6.07) is 3.75. The smallest absolute Gasteiger partial charge is 0.231 e. The molecule has 18 heavy (non-hydrogen) atoms. The molecule has 0 aliphatic heterocycles. The summed E-state index contributed by atoms with van der Waals surface area (Å²) >= 11 is 3.33. The van der Waals surface area contributed by atoms with E-state index in [2.05, 4.69) is 31.1 Å². The molecule has 0 radical (unpaired) electrons. The van der Waals surface area contributed by atoms with Crippen LogP contribution >= 0.6 is 15.9 Å². The van der Waals surface area contributed by atoms with Gasteiger partial charge in [0, 0.05) is 16.7 Å². The van der Waals surface area contributed by atoms with Crippen LogP contribution in [0.3, 0.4) is 0 Å². The molecule has 0 saturated heterocycles. The summed E-state index contributed by atoms with van der Waals surface area (Å²) in [5.41, 5.74) is 6.65. The average Bonchev–Trinajstić information content (AvgIpc) is 2.87. The lowest BCUT2D eigenvalue weighted by atomic mass is 10.0. The summed E-state index contributed by atoms with van der Waals surface area (Å²) in [5, 5.41) is 3.93. The van der Waals surface area contributed by atoms with Crippen molar-refractivity contribution in [3.63, 3.8) is 0 Å². The molecule has 2 aromatic heterocycles. The Kier molecular flexibility index (Phi) is 4.08. The zero-order valence-corrected chi connectivity index (χ0v) is 11.9. The largest absolute Gasteiger partial charge is 0.339 e. The fourth-order valence-electron chi connectivity index (χ4n) is 1.57. The number of hydrogen-bond donors (Lipinski definition) is 1. The molecule has 2 heterocycles. The van der Waals surface area contributed by atoms with Crippen LogP contribution in [0, 0.1) is 0 Å². The second-order valence-corrected chi connectivity index (χ2v) is 5.09. The van der Waals surface area contributed by atoms with Gasteiger partial charge in [-0.25, -0.2) is 0 Å². The lowest BCUT2D eigenvalue weighted by Crippen LogP contribution is -2.25. The van der Waals surface area contributed by atoms with Gasteiger partial charge in [0.2, 0.25) is 11.7 Å². The van der Waals surface area contributed by atoms with Gasteiger partial charge in [-0.2, -0.15) is 4.98 Å². The minimum atomic E-state index is 0.0242. The van der Waals surface area contributed by atoms with E-state index >= 15 is 0 Å². The standard InChI is InChI=1S/C12H15BrN4O/c1-3-9(14)7(2)12-16-11(17-18-12)10-5-4-8(13)6-15-10/h4-7,9H,3,14H2,1-2H3. The Hall–Kier alpha value is -1.27. The Morgan fingerprint density at radius 1 is 1.44 bits per heavy atom. The van der Waals surface area contributed by atoms with E-state index in [-0.39, 0.29) is 12.0 Å². The van der Waals surface area contributed by atoms with Crippen molar-refractivity contribution in [3.8, 4) is 11.5 Å². The molecule has 2 aromatic rings. The van der Waals surface area contributed by atoms with Gasteiger partial charge in [0.1, 0.15) is 5.69 Å². The maximum Gasteiger partial charge on any atom is 0.231 e. The topological polar surface area (TPSA) is 77.8 Å². The predicted octanol–water partition coefficient (Wildman–Crippen LogP) is 2.73. The van der Waals surface area contributed by atoms with E-state index in [1.165, 1.54) is 0 Å². The summed E-state index contributed by atoms with van der Waals surface area (Å²) in [5.74, 6) is 1.10. The van der Waals surface area contributed by atoms with Gasteiger partial charge < -0.3 is 10.3 Å². The Balaban J connectivity index is 2.22. The van der Waals surface area contributed by atoms with E-state index in [0.717, 1.165) is 10.9 Å². The summed E-state index contributed by atoms with van der Waals surface area (Å²) in [6.07, 6.45) is 2.57. The summed E-state index contributed by atoms with van der Waals surface area (Å²) in [4.78, 5) is 8.57. The van der Waals surface area contributed by atoms with E-state index in [4.69, 9.17) is 10.3 Å². The maximum atomic E-state index is 5.97. The minimum absolute atomic E-state index is 0.0242. The SMILES string of the molecule is CCC(N)C(C)c1nc(-c2ccc(Br)cn2)no1. The van der Waals surface area contributed by atoms with Gasteiger partial charge in [-0.15, -0.1) is 0 Å². The van der Waals surface area contributed by atoms with Crippen molar-refractivity contribution >= 4 is 15.9 Å². The molecule has 2 atom stereocenters. The van der Waals surface area contributed by atoms with Crippen molar-refractivity contribution in [3.05, 3.63) is 28.7 Å². The first kappa shape index (κ1) is 13.2. The molecule has 5 nitrogen and oxygen atoms in total. The zero-order chi connectivity index (χ0) is 13.1. The molecule has 2 N–H and O–H groups in total. The number of pyridine rings is 1. The molecular formula is C12H15BrN4O. The first-order valence-corrected chi connectivity index (χ1v) is 6.62. The first-order chi connectivity index (χ1) is 8.61. The molecule has 0 fully saturated rings. The maximum absolute atomic E-state index is 5.97. The average molecular weight is 311 g/mol. The number of nitrogens with zero attached hydrogens (tertiary/aromatic N) is 3. The number of rotatable bonds is 4. The van der Waals surface area contributed by atoms with Crippen LogP contribution in [0.4, 0.5) is 0 Å². The molecule has 0 aliphatic rings. The lowest BCUT2D eigenvalue weighted by molar-refractivity contribution is 0.340. The van der Waals surface area contributed by atoms with Crippen molar-refractivity contribution < 1.29 is 4.52 Å². The lowest BCUT2D eigenvalue weighted by Gasteiger charge is -2.13. The van der Waals surface area contributed by atoms with Crippen LogP contribution in [0.1, 0.15) is 32.1 Å². The van der Waals surface area contributed by atoms with Gasteiger partial charge in [-0.1, -0.05) is 19.0 Å². The fraction of sp³-hybridized carbons (Fsp3) is 0.417. The third-order valence-corrected chi connectivity index (χ3v) is 3.37. The quantitative estimate of drug-likeness (QED) is 0.939. The number of halogens is 1. The van der Waals surface area contributed by atoms with Crippen molar-refractivity contribution in [1.82, 2.24) is 15.1 Å². The first-order valence-electron chi connectivity index (χ1n) is 5.83. The predicted molar refractivity (Wildman–Crippen MR) is 71.9 cm³/mol. The monoisotopic (exact) mass is 310 g/mol. The van der Waals surface area contributed by atoms with Crippen molar-refractivity contribution in [2.45, 2.75) is 32.2 Å². The van der Waals surface area contributed by atoms with Gasteiger partial charge >= 0.3 is 0 Å². The Labute approximate surface area is 114 Å². The van der Waals surface area contributed by atoms with Crippen LogP contribution in [0.5, 0.6) is 0 Å². The van der Waals surface area contributed by atoms with Crippen LogP contribution in [0.15, 0.2) is 27.3 Å². The number of hydrogen-bond acceptors (Lipinski definition) is 5. The summed E-state index contributed by atoms with van der Waals surface area (Å²) in [6.45, 7) is 4.02. The van der Waals surface area contributed by atoms with E-state index in [1.54, 1.807) is 6.20 Å². The minimum Gasteiger partial charge on any atom is -0.339 e. The van der Waals surface area contributed by atoms with Crippen LogP contribution in [0.25, 0.3) is 11.5 Å². The highest BCUT2D eigenvalue weighted by Gasteiger charge is 2.20. The second-order valence-electron chi connectivity index (χ2n) is 4.18. The van der Waals surface area contributed by atoms with Crippen molar-refractivity contribution in [2.75, 3.05) is 0 Å². The molecule has 6 heteroatoms. The Morgan fingerprint density at radius 2 is 2.22 bits per heavy atom. The molecule has 2 unspecified atom stereocenters. The second kappa shape index (κ2) is 5.58. The number of nitrogens with two attached hydrogens (primary N) is 1. The van der Waals surface area contributed by atoms with Crippen molar-refractivity contribution in [2.24, 2.45) is 5.73 Å². The van der Waals surface area contributed by atoms with Crippen LogP contribution in [-0.4, -0.2) is 21.2 Å². The van der Waals surface area contributed by atoms with Gasteiger partial charge in [0.25, 0.3) is 0 Å². The molecule has 0 aromatic carbocycles. The molecule has 0 bridgehead atoms. The molecule has 2 rings (SSSR count). The van der Waals surface area contributed by atoms with E-state index in [9.17, 15) is 0 Å². The van der Waals surface area contributed by atoms with Gasteiger partial charge in [-0.3, -0.25) is 4.98 Å². The van der Waals surface area contributed by atoms with E-state index in [0.29, 0.717) is 17.4 Å². The van der Waals surface area contributed by atoms with Crippen LogP contribution in [-0.2, 0) is 0 Å². The fourth-order valence-corrected chi connectivity index (χ4v) is 1.80. The summed E-state index contributed by atoms with van der Waals surface area (Å²) < 4.78 is 6.15. The van der Waals surface area contributed by atoms with Crippen LogP contribution < -0.4 is 5.73 Å². The van der Waals surface area contributed by atoms with Crippen LogP contribution in [0.2, 0.25) is 0 Å². The molecule has 0 amide bonds. The normalized spacial score (nSPS) is 14.4. The Bertz CT molecular complexity index is 511. The van der Waals surface area contributed by atoms with Gasteiger partial charge in [0.15, 0.2) is 0 Å². The van der Waals surface area contributed by atoms with E-state index in [1.807, 2.05) is 26.0 Å². The highest BCUT2D eigenvalue weighted by molar-refractivity contribution is 9.10. The highest BCUT2D eigenvalue weighted by atomic mass is 79.9. The molecular weight excluding hydrogens is 296 g/mol. The molecule has 96 valence electrons. The van der Waals surface area contributed by atoms with Gasteiger partial charge in [0.05, 0.1) is 5.92 Å². The van der Waals surface area contributed by atoms with Crippen molar-refractivity contribution in [1.29, 1.82) is 0 Å². The number of aromatic nitrogens is 3. The Morgan fingerprint density at radius 3 is 2.83 bits per heavy atom. The highest BCUT2D eigenvalue weighted by Crippen LogP contribution is 2.21. The molecule has 0 aliphatic carbocycles. The summed E-state index contributed by atoms with van der Waals surface area (Å²) in [7, 11) is 0.